The van der Waals surface area contributed by atoms with Gasteiger partial charge in [0.25, 0.3) is 11.6 Å². The lowest BCUT2D eigenvalue weighted by molar-refractivity contribution is -0.385. The van der Waals surface area contributed by atoms with Gasteiger partial charge in [-0.1, -0.05) is 0 Å². The van der Waals surface area contributed by atoms with Gasteiger partial charge in [-0.3, -0.25) is 14.9 Å². The summed E-state index contributed by atoms with van der Waals surface area (Å²) in [4.78, 5) is 25.9. The Bertz CT molecular complexity index is 537. The highest BCUT2D eigenvalue weighted by Crippen LogP contribution is 2.28. The van der Waals surface area contributed by atoms with Crippen LogP contribution < -0.4 is 11.1 Å². The first kappa shape index (κ1) is 14.6. The predicted octanol–water partition coefficient (Wildman–Crippen LogP) is 1.59. The van der Waals surface area contributed by atoms with Crippen LogP contribution in [0.2, 0.25) is 0 Å². The van der Waals surface area contributed by atoms with Gasteiger partial charge in [-0.05, 0) is 25.5 Å². The molecule has 1 aliphatic carbocycles. The Kier molecular flexibility index (Phi) is 4.43. The van der Waals surface area contributed by atoms with Gasteiger partial charge >= 0.3 is 0 Å². The number of carbonyl (C=O) groups excluding carboxylic acids is 1. The molecule has 1 heterocycles. The van der Waals surface area contributed by atoms with Crippen molar-refractivity contribution in [1.82, 2.24) is 10.3 Å². The van der Waals surface area contributed by atoms with Crippen LogP contribution in [0.5, 0.6) is 0 Å². The van der Waals surface area contributed by atoms with Gasteiger partial charge in [0.2, 0.25) is 0 Å². The lowest BCUT2D eigenvalue weighted by Gasteiger charge is -2.13. The number of hydrogen-bond donors (Lipinski definition) is 2. The molecule has 0 bridgehead atoms. The average Bonchev–Trinajstić information content (AvgIpc) is 2.86. The van der Waals surface area contributed by atoms with Crippen molar-refractivity contribution in [3.05, 3.63) is 27.9 Å². The number of aromatic nitrogens is 1. The van der Waals surface area contributed by atoms with Crippen molar-refractivity contribution in [2.75, 3.05) is 12.0 Å². The second kappa shape index (κ2) is 6.08. The fourth-order valence-electron chi connectivity index (χ4n) is 2.29. The van der Waals surface area contributed by atoms with Crippen LogP contribution in [0.25, 0.3) is 0 Å². The molecule has 0 spiro atoms. The molecule has 1 fully saturated rings. The molecule has 7 nitrogen and oxygen atoms in total. The van der Waals surface area contributed by atoms with Gasteiger partial charge in [-0.25, -0.2) is 4.98 Å². The third kappa shape index (κ3) is 3.19. The monoisotopic (exact) mass is 296 g/mol. The minimum Gasteiger partial charge on any atom is -0.383 e. The Morgan fingerprint density at radius 2 is 2.35 bits per heavy atom. The number of nitrogens with one attached hydrogen (secondary N) is 1. The van der Waals surface area contributed by atoms with Crippen molar-refractivity contribution in [1.29, 1.82) is 0 Å². The highest BCUT2D eigenvalue weighted by Gasteiger charge is 2.26. The molecule has 1 aromatic rings. The summed E-state index contributed by atoms with van der Waals surface area (Å²) in [5.74, 6) is -0.391. The van der Waals surface area contributed by atoms with E-state index in [9.17, 15) is 14.9 Å². The lowest BCUT2D eigenvalue weighted by atomic mass is 10.2. The van der Waals surface area contributed by atoms with Crippen molar-refractivity contribution in [3.8, 4) is 0 Å². The molecule has 0 radical (unpaired) electrons. The van der Waals surface area contributed by atoms with Crippen molar-refractivity contribution >= 4 is 29.2 Å². The van der Waals surface area contributed by atoms with Gasteiger partial charge in [0, 0.05) is 17.4 Å². The zero-order valence-electron chi connectivity index (χ0n) is 11.0. The second-order valence-corrected chi connectivity index (χ2v) is 5.86. The number of pyridine rings is 1. The number of nitrogens with zero attached hydrogens (tertiary/aromatic N) is 2. The lowest BCUT2D eigenvalue weighted by Crippen LogP contribution is -2.33. The van der Waals surface area contributed by atoms with E-state index in [0.29, 0.717) is 5.25 Å². The van der Waals surface area contributed by atoms with Crippen LogP contribution in [0.3, 0.4) is 0 Å². The van der Waals surface area contributed by atoms with Crippen molar-refractivity contribution in [2.24, 2.45) is 0 Å². The van der Waals surface area contributed by atoms with Gasteiger partial charge in [-0.15, -0.1) is 0 Å². The van der Waals surface area contributed by atoms with Crippen LogP contribution in [0, 0.1) is 10.1 Å². The summed E-state index contributed by atoms with van der Waals surface area (Å²) < 4.78 is 0. The predicted molar refractivity (Wildman–Crippen MR) is 77.7 cm³/mol. The fourth-order valence-corrected chi connectivity index (χ4v) is 3.09. The van der Waals surface area contributed by atoms with Crippen molar-refractivity contribution < 1.29 is 9.72 Å². The topological polar surface area (TPSA) is 111 Å². The van der Waals surface area contributed by atoms with E-state index in [2.05, 4.69) is 16.6 Å². The first-order valence-electron chi connectivity index (χ1n) is 6.25. The van der Waals surface area contributed by atoms with E-state index < -0.39 is 10.8 Å². The van der Waals surface area contributed by atoms with Crippen molar-refractivity contribution in [2.45, 2.75) is 30.6 Å². The molecule has 1 aromatic heterocycles. The van der Waals surface area contributed by atoms with Crippen LogP contribution in [-0.4, -0.2) is 33.4 Å². The van der Waals surface area contributed by atoms with Crippen molar-refractivity contribution in [3.63, 3.8) is 0 Å². The van der Waals surface area contributed by atoms with E-state index >= 15 is 0 Å². The minimum atomic E-state index is -0.595. The number of nitrogens with two attached hydrogens (primary N) is 1. The Labute approximate surface area is 120 Å². The zero-order valence-corrected chi connectivity index (χ0v) is 11.9. The maximum absolute atomic E-state index is 12.1. The number of hydrogen-bond acceptors (Lipinski definition) is 6. The van der Waals surface area contributed by atoms with E-state index in [1.54, 1.807) is 11.8 Å². The summed E-state index contributed by atoms with van der Waals surface area (Å²) in [5.41, 5.74) is 5.44. The molecule has 20 heavy (non-hydrogen) atoms. The number of rotatable bonds is 4. The molecule has 1 saturated carbocycles. The molecule has 3 N–H and O–H groups in total. The summed E-state index contributed by atoms with van der Waals surface area (Å²) in [6.07, 6.45) is 5.99. The maximum Gasteiger partial charge on any atom is 0.288 e. The fraction of sp³-hybridized carbons (Fsp3) is 0.500. The first-order valence-corrected chi connectivity index (χ1v) is 7.53. The molecule has 1 amide bonds. The molecule has 108 valence electrons. The Morgan fingerprint density at radius 3 is 2.95 bits per heavy atom. The molecular formula is C12H16N4O3S. The molecule has 2 unspecified atom stereocenters. The van der Waals surface area contributed by atoms with E-state index in [1.807, 2.05) is 0 Å². The Morgan fingerprint density at radius 1 is 1.60 bits per heavy atom. The summed E-state index contributed by atoms with van der Waals surface area (Å²) >= 11 is 1.79. The van der Waals surface area contributed by atoms with Crippen LogP contribution >= 0.6 is 11.8 Å². The molecule has 2 rings (SSSR count). The number of nitrogen functional groups attached to an aromatic ring is 1. The van der Waals surface area contributed by atoms with Crippen LogP contribution in [0.1, 0.15) is 29.6 Å². The quantitative estimate of drug-likeness (QED) is 0.644. The number of carbonyl (C=O) groups is 1. The van der Waals surface area contributed by atoms with Gasteiger partial charge < -0.3 is 11.1 Å². The molecule has 1 aliphatic rings. The highest BCUT2D eigenvalue weighted by atomic mass is 32.2. The summed E-state index contributed by atoms with van der Waals surface area (Å²) in [6, 6.07) is 1.26. The van der Waals surface area contributed by atoms with Crippen LogP contribution in [0.15, 0.2) is 12.3 Å². The average molecular weight is 296 g/mol. The summed E-state index contributed by atoms with van der Waals surface area (Å²) in [7, 11) is 0. The first-order chi connectivity index (χ1) is 9.51. The van der Waals surface area contributed by atoms with Crippen LogP contribution in [-0.2, 0) is 0 Å². The van der Waals surface area contributed by atoms with Crippen LogP contribution in [0.4, 0.5) is 11.5 Å². The highest BCUT2D eigenvalue weighted by molar-refractivity contribution is 7.99. The molecule has 0 saturated heterocycles. The number of amides is 1. The zero-order chi connectivity index (χ0) is 14.7. The minimum absolute atomic E-state index is 0.00696. The van der Waals surface area contributed by atoms with Gasteiger partial charge in [0.1, 0.15) is 12.0 Å². The largest absolute Gasteiger partial charge is 0.383 e. The normalized spacial score (nSPS) is 21.6. The summed E-state index contributed by atoms with van der Waals surface area (Å²) in [6.45, 7) is 0. The third-order valence-corrected chi connectivity index (χ3v) is 4.51. The Hall–Kier alpha value is -1.83. The summed E-state index contributed by atoms with van der Waals surface area (Å²) in [5, 5.41) is 14.1. The molecule has 8 heteroatoms. The van der Waals surface area contributed by atoms with Gasteiger partial charge in [0.15, 0.2) is 0 Å². The van der Waals surface area contributed by atoms with E-state index in [0.717, 1.165) is 25.5 Å². The third-order valence-electron chi connectivity index (χ3n) is 3.41. The van der Waals surface area contributed by atoms with E-state index in [4.69, 9.17) is 5.73 Å². The molecular weight excluding hydrogens is 280 g/mol. The van der Waals surface area contributed by atoms with Gasteiger partial charge in [-0.2, -0.15) is 11.8 Å². The number of thioether (sulfide) groups is 1. The Balaban J connectivity index is 2.09. The second-order valence-electron chi connectivity index (χ2n) is 4.72. The number of anilines is 1. The molecule has 2 atom stereocenters. The van der Waals surface area contributed by atoms with E-state index in [-0.39, 0.29) is 23.1 Å². The molecule has 0 aromatic carbocycles. The molecule has 0 aliphatic heterocycles. The standard InChI is InChI=1S/C12H16N4O3S/c1-20-9-3-2-7(4-9)15-12(17)10-5-8(16(18)19)6-14-11(10)13/h5-7,9H,2-4H2,1H3,(H2,13,14)(H,15,17). The SMILES string of the molecule is CSC1CCC(NC(=O)c2cc([N+](=O)[O-])cnc2N)C1. The van der Waals surface area contributed by atoms with E-state index in [1.165, 1.54) is 6.07 Å². The maximum atomic E-state index is 12.1. The smallest absolute Gasteiger partial charge is 0.288 e. The van der Waals surface area contributed by atoms with Gasteiger partial charge in [0.05, 0.1) is 10.5 Å². The number of nitro groups is 1.